The molecule has 1 aliphatic heterocycles. The van der Waals surface area contributed by atoms with E-state index in [4.69, 9.17) is 4.42 Å². The van der Waals surface area contributed by atoms with Crippen LogP contribution >= 0.6 is 0 Å². The Balaban J connectivity index is 1.57. The highest BCUT2D eigenvalue weighted by Crippen LogP contribution is 2.31. The first-order chi connectivity index (χ1) is 10.1. The molecular weight excluding hydrogens is 262 g/mol. The number of hydrogen-bond donors (Lipinski definition) is 1. The third-order valence-corrected chi connectivity index (χ3v) is 5.19. The van der Waals surface area contributed by atoms with Crippen LogP contribution in [-0.4, -0.2) is 55.1 Å². The molecule has 1 saturated heterocycles. The molecule has 0 amide bonds. The molecule has 1 fully saturated rings. The first kappa shape index (κ1) is 15.1. The Morgan fingerprint density at radius 3 is 2.81 bits per heavy atom. The number of furan rings is 1. The third kappa shape index (κ3) is 3.33. The Morgan fingerprint density at radius 1 is 1.29 bits per heavy atom. The second kappa shape index (κ2) is 6.11. The van der Waals surface area contributed by atoms with Gasteiger partial charge < -0.3 is 14.6 Å². The van der Waals surface area contributed by atoms with Crippen molar-refractivity contribution in [2.75, 3.05) is 39.8 Å². The molecule has 0 radical (unpaired) electrons. The van der Waals surface area contributed by atoms with Crippen LogP contribution in [0.3, 0.4) is 0 Å². The standard InChI is InChI=1S/C17H29N3O/c1-17(2,20-10-8-19(3)9-11-20)13-18-15-5-4-6-16-14(15)7-12-21-16/h7,12,15,18H,4-6,8-11,13H2,1-3H3. The summed E-state index contributed by atoms with van der Waals surface area (Å²) in [5, 5.41) is 3.80. The van der Waals surface area contributed by atoms with Gasteiger partial charge in [0, 0.05) is 56.3 Å². The lowest BCUT2D eigenvalue weighted by molar-refractivity contribution is 0.0596. The zero-order valence-electron chi connectivity index (χ0n) is 13.7. The van der Waals surface area contributed by atoms with E-state index in [0.29, 0.717) is 6.04 Å². The lowest BCUT2D eigenvalue weighted by Gasteiger charge is -2.44. The molecule has 1 unspecified atom stereocenters. The van der Waals surface area contributed by atoms with Gasteiger partial charge in [-0.1, -0.05) is 0 Å². The Bertz CT molecular complexity index is 460. The van der Waals surface area contributed by atoms with Gasteiger partial charge in [0.15, 0.2) is 0 Å². The molecule has 21 heavy (non-hydrogen) atoms. The Labute approximate surface area is 128 Å². The number of likely N-dealkylation sites (N-methyl/N-ethyl adjacent to an activating group) is 1. The molecular formula is C17H29N3O. The Morgan fingerprint density at radius 2 is 2.05 bits per heavy atom. The normalized spacial score (nSPS) is 25.0. The zero-order valence-corrected chi connectivity index (χ0v) is 13.7. The summed E-state index contributed by atoms with van der Waals surface area (Å²) in [5.74, 6) is 1.19. The van der Waals surface area contributed by atoms with Crippen molar-refractivity contribution in [1.29, 1.82) is 0 Å². The molecule has 1 aromatic rings. The number of hydrogen-bond acceptors (Lipinski definition) is 4. The third-order valence-electron chi connectivity index (χ3n) is 5.19. The van der Waals surface area contributed by atoms with Gasteiger partial charge in [-0.3, -0.25) is 4.90 Å². The average molecular weight is 291 g/mol. The molecule has 1 aliphatic carbocycles. The first-order valence-electron chi connectivity index (χ1n) is 8.29. The van der Waals surface area contributed by atoms with Crippen LogP contribution in [0.25, 0.3) is 0 Å². The monoisotopic (exact) mass is 291 g/mol. The molecule has 118 valence electrons. The van der Waals surface area contributed by atoms with Gasteiger partial charge in [0.1, 0.15) is 5.76 Å². The number of rotatable bonds is 4. The van der Waals surface area contributed by atoms with Crippen LogP contribution in [0, 0.1) is 0 Å². The van der Waals surface area contributed by atoms with E-state index in [1.165, 1.54) is 50.3 Å². The van der Waals surface area contributed by atoms with E-state index in [0.717, 1.165) is 13.0 Å². The maximum atomic E-state index is 5.59. The highest BCUT2D eigenvalue weighted by Gasteiger charge is 2.31. The molecule has 3 rings (SSSR count). The minimum Gasteiger partial charge on any atom is -0.469 e. The van der Waals surface area contributed by atoms with Gasteiger partial charge in [0.2, 0.25) is 0 Å². The Hall–Kier alpha value is -0.840. The van der Waals surface area contributed by atoms with Crippen LogP contribution in [0.5, 0.6) is 0 Å². The van der Waals surface area contributed by atoms with Gasteiger partial charge in [-0.2, -0.15) is 0 Å². The predicted octanol–water partition coefficient (Wildman–Crippen LogP) is 2.27. The van der Waals surface area contributed by atoms with Crippen LogP contribution in [0.4, 0.5) is 0 Å². The zero-order chi connectivity index (χ0) is 14.9. The fraction of sp³-hybridized carbons (Fsp3) is 0.765. The summed E-state index contributed by atoms with van der Waals surface area (Å²) in [5.41, 5.74) is 1.60. The average Bonchev–Trinajstić information content (AvgIpc) is 2.94. The summed E-state index contributed by atoms with van der Waals surface area (Å²) >= 11 is 0. The second-order valence-electron chi connectivity index (χ2n) is 7.23. The topological polar surface area (TPSA) is 31.6 Å². The molecule has 1 N–H and O–H groups in total. The van der Waals surface area contributed by atoms with Crippen molar-refractivity contribution in [3.8, 4) is 0 Å². The van der Waals surface area contributed by atoms with E-state index in [9.17, 15) is 0 Å². The van der Waals surface area contributed by atoms with Crippen molar-refractivity contribution < 1.29 is 4.42 Å². The van der Waals surface area contributed by atoms with Gasteiger partial charge in [-0.25, -0.2) is 0 Å². The van der Waals surface area contributed by atoms with Crippen LogP contribution in [0.15, 0.2) is 16.7 Å². The van der Waals surface area contributed by atoms with Gasteiger partial charge in [0.05, 0.1) is 6.26 Å². The summed E-state index contributed by atoms with van der Waals surface area (Å²) in [6.07, 6.45) is 5.40. The van der Waals surface area contributed by atoms with Crippen LogP contribution < -0.4 is 5.32 Å². The minimum atomic E-state index is 0.211. The van der Waals surface area contributed by atoms with Gasteiger partial charge in [-0.05, 0) is 39.8 Å². The van der Waals surface area contributed by atoms with E-state index < -0.39 is 0 Å². The summed E-state index contributed by atoms with van der Waals surface area (Å²) in [6.45, 7) is 10.5. The second-order valence-corrected chi connectivity index (χ2v) is 7.23. The fourth-order valence-electron chi connectivity index (χ4n) is 3.60. The molecule has 0 spiro atoms. The molecule has 0 bridgehead atoms. The van der Waals surface area contributed by atoms with E-state index in [1.807, 2.05) is 6.26 Å². The van der Waals surface area contributed by atoms with E-state index in [-0.39, 0.29) is 5.54 Å². The lowest BCUT2D eigenvalue weighted by Crippen LogP contribution is -2.57. The quantitative estimate of drug-likeness (QED) is 0.922. The number of aryl methyl sites for hydroxylation is 1. The molecule has 1 aromatic heterocycles. The van der Waals surface area contributed by atoms with Gasteiger partial charge >= 0.3 is 0 Å². The predicted molar refractivity (Wildman–Crippen MR) is 85.5 cm³/mol. The summed E-state index contributed by atoms with van der Waals surface area (Å²) in [7, 11) is 2.21. The number of nitrogens with zero attached hydrogens (tertiary/aromatic N) is 2. The van der Waals surface area contributed by atoms with Crippen LogP contribution in [0.2, 0.25) is 0 Å². The van der Waals surface area contributed by atoms with E-state index in [2.05, 4.69) is 42.1 Å². The molecule has 0 saturated carbocycles. The highest BCUT2D eigenvalue weighted by molar-refractivity contribution is 5.24. The van der Waals surface area contributed by atoms with Crippen molar-refractivity contribution in [2.24, 2.45) is 0 Å². The summed E-state index contributed by atoms with van der Waals surface area (Å²) in [6, 6.07) is 2.62. The maximum absolute atomic E-state index is 5.59. The minimum absolute atomic E-state index is 0.211. The van der Waals surface area contributed by atoms with Crippen molar-refractivity contribution in [3.63, 3.8) is 0 Å². The molecule has 4 heteroatoms. The largest absolute Gasteiger partial charge is 0.469 e. The molecule has 2 heterocycles. The molecule has 4 nitrogen and oxygen atoms in total. The highest BCUT2D eigenvalue weighted by atomic mass is 16.3. The van der Waals surface area contributed by atoms with Crippen molar-refractivity contribution >= 4 is 0 Å². The van der Waals surface area contributed by atoms with Gasteiger partial charge in [0.25, 0.3) is 0 Å². The summed E-state index contributed by atoms with van der Waals surface area (Å²) < 4.78 is 5.59. The smallest absolute Gasteiger partial charge is 0.108 e. The number of fused-ring (bicyclic) bond motifs is 1. The van der Waals surface area contributed by atoms with Crippen molar-refractivity contribution in [2.45, 2.75) is 44.7 Å². The Kier molecular flexibility index (Phi) is 4.38. The summed E-state index contributed by atoms with van der Waals surface area (Å²) in [4.78, 5) is 5.04. The van der Waals surface area contributed by atoms with E-state index in [1.54, 1.807) is 0 Å². The van der Waals surface area contributed by atoms with Gasteiger partial charge in [-0.15, -0.1) is 0 Å². The first-order valence-corrected chi connectivity index (χ1v) is 8.29. The number of nitrogens with one attached hydrogen (secondary N) is 1. The van der Waals surface area contributed by atoms with E-state index >= 15 is 0 Å². The molecule has 1 atom stereocenters. The molecule has 0 aromatic carbocycles. The van der Waals surface area contributed by atoms with Crippen molar-refractivity contribution in [3.05, 3.63) is 23.7 Å². The SMILES string of the molecule is CN1CCN(C(C)(C)CNC2CCCc3occc32)CC1. The lowest BCUT2D eigenvalue weighted by atomic mass is 9.92. The number of piperazine rings is 1. The fourth-order valence-corrected chi connectivity index (χ4v) is 3.60. The maximum Gasteiger partial charge on any atom is 0.108 e. The molecule has 2 aliphatic rings. The van der Waals surface area contributed by atoms with Crippen molar-refractivity contribution in [1.82, 2.24) is 15.1 Å². The van der Waals surface area contributed by atoms with Crippen LogP contribution in [0.1, 0.15) is 44.1 Å². The van der Waals surface area contributed by atoms with Crippen LogP contribution in [-0.2, 0) is 6.42 Å².